The summed E-state index contributed by atoms with van der Waals surface area (Å²) in [6.45, 7) is 7.91. The number of hydrogen-bond donors (Lipinski definition) is 2. The normalized spacial score (nSPS) is 16.6. The van der Waals surface area contributed by atoms with Gasteiger partial charge in [-0.2, -0.15) is 5.10 Å². The quantitative estimate of drug-likeness (QED) is 0.526. The predicted molar refractivity (Wildman–Crippen MR) is 124 cm³/mol. The lowest BCUT2D eigenvalue weighted by molar-refractivity contribution is 0.503. The third-order valence-corrected chi connectivity index (χ3v) is 5.74. The van der Waals surface area contributed by atoms with E-state index >= 15 is 0 Å². The van der Waals surface area contributed by atoms with Crippen molar-refractivity contribution in [2.45, 2.75) is 25.8 Å². The molecule has 0 amide bonds. The van der Waals surface area contributed by atoms with Crippen molar-refractivity contribution in [1.29, 1.82) is 0 Å². The first kappa shape index (κ1) is 19.4. The highest BCUT2D eigenvalue weighted by atomic mass is 15.2. The number of piperidine rings is 1. The standard InChI is InChI=1S/C24H25N7/c1-15(2)18-7-8-20(28-24(18)31-10-4-6-17(25)14-31)23-19-11-21(16-5-3-9-26-12-16)27-13-22(19)29-30-23/h3,5,7-9,11-13,17H,1,4,6,10,14,25H2,2H3,(H,29,30). The molecule has 1 aliphatic rings. The molecule has 1 atom stereocenters. The predicted octanol–water partition coefficient (Wildman–Crippen LogP) is 4.04. The van der Waals surface area contributed by atoms with Crippen LogP contribution in [0, 0.1) is 0 Å². The molecule has 0 saturated carbocycles. The Morgan fingerprint density at radius 2 is 2.13 bits per heavy atom. The highest BCUT2D eigenvalue weighted by Crippen LogP contribution is 2.33. The first-order valence-corrected chi connectivity index (χ1v) is 10.5. The molecule has 0 aromatic carbocycles. The molecule has 0 bridgehead atoms. The number of nitrogens with one attached hydrogen (secondary N) is 1. The van der Waals surface area contributed by atoms with Crippen molar-refractivity contribution in [1.82, 2.24) is 25.1 Å². The lowest BCUT2D eigenvalue weighted by atomic mass is 10.0. The zero-order chi connectivity index (χ0) is 21.4. The summed E-state index contributed by atoms with van der Waals surface area (Å²) >= 11 is 0. The van der Waals surface area contributed by atoms with Crippen LogP contribution < -0.4 is 10.6 Å². The van der Waals surface area contributed by atoms with Gasteiger partial charge in [-0.15, -0.1) is 0 Å². The number of H-pyrrole nitrogens is 1. The number of nitrogens with zero attached hydrogens (tertiary/aromatic N) is 5. The summed E-state index contributed by atoms with van der Waals surface area (Å²) in [5.41, 5.74) is 12.6. The van der Waals surface area contributed by atoms with Crippen LogP contribution in [0.3, 0.4) is 0 Å². The Balaban J connectivity index is 1.61. The molecule has 0 spiro atoms. The molecule has 4 aromatic heterocycles. The molecule has 156 valence electrons. The number of nitrogens with two attached hydrogens (primary N) is 1. The molecule has 7 heteroatoms. The van der Waals surface area contributed by atoms with Gasteiger partial charge in [0.2, 0.25) is 0 Å². The maximum Gasteiger partial charge on any atom is 0.136 e. The highest BCUT2D eigenvalue weighted by molar-refractivity contribution is 5.94. The number of allylic oxidation sites excluding steroid dienone is 1. The molecule has 1 aliphatic heterocycles. The molecule has 0 radical (unpaired) electrons. The lowest BCUT2D eigenvalue weighted by Gasteiger charge is -2.33. The van der Waals surface area contributed by atoms with Gasteiger partial charge in [-0.3, -0.25) is 15.1 Å². The van der Waals surface area contributed by atoms with Crippen LogP contribution in [0.2, 0.25) is 0 Å². The van der Waals surface area contributed by atoms with E-state index in [1.807, 2.05) is 37.4 Å². The van der Waals surface area contributed by atoms with Gasteiger partial charge in [0.15, 0.2) is 0 Å². The minimum Gasteiger partial charge on any atom is -0.355 e. The van der Waals surface area contributed by atoms with E-state index in [0.29, 0.717) is 0 Å². The van der Waals surface area contributed by atoms with Crippen LogP contribution >= 0.6 is 0 Å². The SMILES string of the molecule is C=C(C)c1ccc(-c2n[nH]c3cnc(-c4cccnc4)cc23)nc1N1CCCC(N)C1. The topological polar surface area (TPSA) is 96.6 Å². The van der Waals surface area contributed by atoms with Gasteiger partial charge in [0.1, 0.15) is 11.5 Å². The first-order chi connectivity index (χ1) is 15.1. The summed E-state index contributed by atoms with van der Waals surface area (Å²) in [5, 5.41) is 8.63. The zero-order valence-electron chi connectivity index (χ0n) is 17.5. The van der Waals surface area contributed by atoms with E-state index in [4.69, 9.17) is 10.7 Å². The minimum atomic E-state index is 0.163. The van der Waals surface area contributed by atoms with Crippen LogP contribution in [0.25, 0.3) is 39.1 Å². The summed E-state index contributed by atoms with van der Waals surface area (Å²) in [5.74, 6) is 0.929. The largest absolute Gasteiger partial charge is 0.355 e. The van der Waals surface area contributed by atoms with Crippen molar-refractivity contribution in [3.63, 3.8) is 0 Å². The molecule has 4 aromatic rings. The molecule has 31 heavy (non-hydrogen) atoms. The Labute approximate surface area is 181 Å². The summed E-state index contributed by atoms with van der Waals surface area (Å²) in [4.78, 5) is 16.1. The van der Waals surface area contributed by atoms with E-state index in [1.54, 1.807) is 12.4 Å². The second-order valence-corrected chi connectivity index (χ2v) is 8.13. The second-order valence-electron chi connectivity index (χ2n) is 8.13. The summed E-state index contributed by atoms with van der Waals surface area (Å²) in [6.07, 6.45) is 7.49. The van der Waals surface area contributed by atoms with Crippen LogP contribution in [-0.2, 0) is 0 Å². The zero-order valence-corrected chi connectivity index (χ0v) is 17.5. The molecular formula is C24H25N7. The Bertz CT molecular complexity index is 1250. The Morgan fingerprint density at radius 3 is 2.90 bits per heavy atom. The molecule has 0 aliphatic carbocycles. The van der Waals surface area contributed by atoms with E-state index in [2.05, 4.69) is 37.7 Å². The van der Waals surface area contributed by atoms with Crippen molar-refractivity contribution in [2.24, 2.45) is 5.73 Å². The lowest BCUT2D eigenvalue weighted by Crippen LogP contribution is -2.43. The monoisotopic (exact) mass is 411 g/mol. The van der Waals surface area contributed by atoms with Gasteiger partial charge in [0.25, 0.3) is 0 Å². The van der Waals surface area contributed by atoms with E-state index in [9.17, 15) is 0 Å². The van der Waals surface area contributed by atoms with Crippen molar-refractivity contribution in [3.05, 3.63) is 61.1 Å². The molecule has 7 nitrogen and oxygen atoms in total. The number of fused-ring (bicyclic) bond motifs is 1. The summed E-state index contributed by atoms with van der Waals surface area (Å²) in [6, 6.07) is 10.2. The van der Waals surface area contributed by atoms with Crippen LogP contribution in [0.5, 0.6) is 0 Å². The molecule has 1 saturated heterocycles. The summed E-state index contributed by atoms with van der Waals surface area (Å²) in [7, 11) is 0. The molecule has 3 N–H and O–H groups in total. The second kappa shape index (κ2) is 7.92. The van der Waals surface area contributed by atoms with Gasteiger partial charge in [-0.1, -0.05) is 6.58 Å². The van der Waals surface area contributed by atoms with E-state index in [1.165, 1.54) is 0 Å². The smallest absolute Gasteiger partial charge is 0.136 e. The molecule has 5 heterocycles. The molecular weight excluding hydrogens is 386 g/mol. The first-order valence-electron chi connectivity index (χ1n) is 10.5. The van der Waals surface area contributed by atoms with Crippen molar-refractivity contribution in [2.75, 3.05) is 18.0 Å². The van der Waals surface area contributed by atoms with E-state index in [-0.39, 0.29) is 6.04 Å². The Morgan fingerprint density at radius 1 is 1.23 bits per heavy atom. The van der Waals surface area contributed by atoms with E-state index < -0.39 is 0 Å². The maximum atomic E-state index is 6.25. The van der Waals surface area contributed by atoms with Crippen LogP contribution in [-0.4, -0.2) is 44.3 Å². The average Bonchev–Trinajstić information content (AvgIpc) is 3.22. The Hall–Kier alpha value is -3.58. The fraction of sp³-hybridized carbons (Fsp3) is 0.250. The van der Waals surface area contributed by atoms with Gasteiger partial charge < -0.3 is 10.6 Å². The maximum absolute atomic E-state index is 6.25. The number of aromatic amines is 1. The van der Waals surface area contributed by atoms with Crippen LogP contribution in [0.4, 0.5) is 5.82 Å². The Kier molecular flexibility index (Phi) is 4.95. The number of hydrogen-bond acceptors (Lipinski definition) is 6. The molecule has 1 unspecified atom stereocenters. The van der Waals surface area contributed by atoms with Gasteiger partial charge in [-0.05, 0) is 55.7 Å². The van der Waals surface area contributed by atoms with Gasteiger partial charge >= 0.3 is 0 Å². The average molecular weight is 412 g/mol. The van der Waals surface area contributed by atoms with Gasteiger partial charge in [0, 0.05) is 48.0 Å². The third-order valence-electron chi connectivity index (χ3n) is 5.74. The fourth-order valence-corrected chi connectivity index (χ4v) is 4.14. The number of rotatable bonds is 4. The van der Waals surface area contributed by atoms with Gasteiger partial charge in [0.05, 0.1) is 23.1 Å². The van der Waals surface area contributed by atoms with Crippen LogP contribution in [0.1, 0.15) is 25.3 Å². The van der Waals surface area contributed by atoms with Crippen molar-refractivity contribution >= 4 is 22.3 Å². The van der Waals surface area contributed by atoms with Crippen molar-refractivity contribution < 1.29 is 0 Å². The number of pyridine rings is 3. The molecule has 1 fully saturated rings. The number of aromatic nitrogens is 5. The van der Waals surface area contributed by atoms with Crippen molar-refractivity contribution in [3.8, 4) is 22.6 Å². The van der Waals surface area contributed by atoms with Gasteiger partial charge in [-0.25, -0.2) is 4.98 Å². The fourth-order valence-electron chi connectivity index (χ4n) is 4.14. The van der Waals surface area contributed by atoms with E-state index in [0.717, 1.165) is 76.4 Å². The number of anilines is 1. The summed E-state index contributed by atoms with van der Waals surface area (Å²) < 4.78 is 0. The third kappa shape index (κ3) is 3.68. The molecule has 5 rings (SSSR count). The highest BCUT2D eigenvalue weighted by Gasteiger charge is 2.22. The minimum absolute atomic E-state index is 0.163. The van der Waals surface area contributed by atoms with Crippen LogP contribution in [0.15, 0.2) is 55.5 Å².